The van der Waals surface area contributed by atoms with Crippen molar-refractivity contribution >= 4 is 27.6 Å². The van der Waals surface area contributed by atoms with Gasteiger partial charge in [0.1, 0.15) is 0 Å². The highest BCUT2D eigenvalue weighted by molar-refractivity contribution is 6.02. The molecule has 0 fully saturated rings. The van der Waals surface area contributed by atoms with Gasteiger partial charge >= 0.3 is 0 Å². The number of hydrogen-bond acceptors (Lipinski definition) is 0. The zero-order chi connectivity index (χ0) is 12.5. The Morgan fingerprint density at radius 3 is 2.33 bits per heavy atom. The zero-order valence-corrected chi connectivity index (χ0v) is 10.6. The Morgan fingerprint density at radius 1 is 0.944 bits per heavy atom. The fourth-order valence-corrected chi connectivity index (χ4v) is 2.63. The molecule has 0 unspecified atom stereocenters. The van der Waals surface area contributed by atoms with Gasteiger partial charge in [-0.05, 0) is 51.2 Å². The van der Waals surface area contributed by atoms with Gasteiger partial charge in [-0.1, -0.05) is 56.0 Å². The van der Waals surface area contributed by atoms with Crippen LogP contribution in [0.3, 0.4) is 0 Å². The van der Waals surface area contributed by atoms with Crippen molar-refractivity contribution in [2.75, 3.05) is 0 Å². The first-order chi connectivity index (χ1) is 8.83. The molecule has 0 saturated carbocycles. The van der Waals surface area contributed by atoms with Gasteiger partial charge in [-0.2, -0.15) is 0 Å². The lowest BCUT2D eigenvalue weighted by Gasteiger charge is -2.09. The van der Waals surface area contributed by atoms with Crippen molar-refractivity contribution in [1.82, 2.24) is 0 Å². The first kappa shape index (κ1) is 11.0. The normalized spacial score (nSPS) is 10.9. The van der Waals surface area contributed by atoms with Crippen LogP contribution in [0, 0.1) is 0 Å². The van der Waals surface area contributed by atoms with Crippen molar-refractivity contribution in [1.29, 1.82) is 0 Å². The smallest absolute Gasteiger partial charge is 0.0102 e. The molecule has 0 aliphatic heterocycles. The van der Waals surface area contributed by atoms with Crippen LogP contribution in [0.15, 0.2) is 55.1 Å². The highest BCUT2D eigenvalue weighted by atomic mass is 14.1. The van der Waals surface area contributed by atoms with Gasteiger partial charge in [0.2, 0.25) is 0 Å². The van der Waals surface area contributed by atoms with E-state index in [0.717, 1.165) is 6.42 Å². The summed E-state index contributed by atoms with van der Waals surface area (Å²) in [5, 5.41) is 5.19. The van der Waals surface area contributed by atoms with Crippen LogP contribution in [0.25, 0.3) is 27.6 Å². The highest BCUT2D eigenvalue weighted by Gasteiger charge is 2.04. The Kier molecular flexibility index (Phi) is 2.64. The lowest BCUT2D eigenvalue weighted by molar-refractivity contribution is 1.14. The molecule has 88 valence electrons. The Bertz CT molecular complexity index is 735. The average Bonchev–Trinajstić information content (AvgIpc) is 2.43. The molecule has 0 aliphatic rings. The predicted octanol–water partition coefficient (Wildman–Crippen LogP) is 5.20. The minimum atomic E-state index is 1.05. The molecule has 0 N–H and O–H groups in total. The Balaban J connectivity index is 2.46. The van der Waals surface area contributed by atoms with E-state index in [1.54, 1.807) is 0 Å². The van der Waals surface area contributed by atoms with E-state index in [9.17, 15) is 0 Å². The van der Waals surface area contributed by atoms with E-state index in [1.807, 2.05) is 6.08 Å². The van der Waals surface area contributed by atoms with E-state index in [1.165, 1.54) is 32.7 Å². The molecule has 3 aromatic carbocycles. The second-order valence-electron chi connectivity index (χ2n) is 4.62. The van der Waals surface area contributed by atoms with Crippen molar-refractivity contribution < 1.29 is 0 Å². The number of fused-ring (bicyclic) bond motifs is 2. The lowest BCUT2D eigenvalue weighted by atomic mass is 9.95. The lowest BCUT2D eigenvalue weighted by Crippen LogP contribution is -1.88. The summed E-state index contributed by atoms with van der Waals surface area (Å²) in [6.07, 6.45) is 3.03. The van der Waals surface area contributed by atoms with Crippen LogP contribution in [0.5, 0.6) is 0 Å². The minimum Gasteiger partial charge on any atom is -0.0984 e. The molecule has 0 nitrogen and oxygen atoms in total. The summed E-state index contributed by atoms with van der Waals surface area (Å²) >= 11 is 0. The third-order valence-electron chi connectivity index (χ3n) is 3.60. The maximum Gasteiger partial charge on any atom is -0.0102 e. The molecule has 0 spiro atoms. The van der Waals surface area contributed by atoms with Crippen LogP contribution >= 0.6 is 0 Å². The summed E-state index contributed by atoms with van der Waals surface area (Å²) < 4.78 is 0. The number of aryl methyl sites for hydroxylation is 1. The topological polar surface area (TPSA) is 0 Å². The predicted molar refractivity (Wildman–Crippen MR) is 80.9 cm³/mol. The SMILES string of the molecule is C=Cc1c(CC)ccc2cc3ccccc3cc12. The highest BCUT2D eigenvalue weighted by Crippen LogP contribution is 2.28. The van der Waals surface area contributed by atoms with Gasteiger partial charge < -0.3 is 0 Å². The van der Waals surface area contributed by atoms with Crippen molar-refractivity contribution in [2.45, 2.75) is 13.3 Å². The summed E-state index contributed by atoms with van der Waals surface area (Å²) in [6.45, 7) is 6.16. The zero-order valence-electron chi connectivity index (χ0n) is 10.6. The molecule has 0 aromatic heterocycles. The summed E-state index contributed by atoms with van der Waals surface area (Å²) in [5.41, 5.74) is 2.65. The van der Waals surface area contributed by atoms with Gasteiger partial charge in [0.15, 0.2) is 0 Å². The van der Waals surface area contributed by atoms with Gasteiger partial charge in [-0.15, -0.1) is 0 Å². The van der Waals surface area contributed by atoms with Crippen molar-refractivity contribution in [2.24, 2.45) is 0 Å². The van der Waals surface area contributed by atoms with Crippen molar-refractivity contribution in [3.8, 4) is 0 Å². The summed E-state index contributed by atoms with van der Waals surface area (Å²) in [4.78, 5) is 0. The van der Waals surface area contributed by atoms with Gasteiger partial charge in [0.25, 0.3) is 0 Å². The molecule has 0 bridgehead atoms. The second-order valence-corrected chi connectivity index (χ2v) is 4.62. The number of hydrogen-bond donors (Lipinski definition) is 0. The van der Waals surface area contributed by atoms with E-state index >= 15 is 0 Å². The molecule has 0 amide bonds. The van der Waals surface area contributed by atoms with Crippen LogP contribution in [0.1, 0.15) is 18.1 Å². The minimum absolute atomic E-state index is 1.05. The molecule has 0 radical (unpaired) electrons. The largest absolute Gasteiger partial charge is 0.0984 e. The molecule has 0 heteroatoms. The maximum absolute atomic E-state index is 3.97. The summed E-state index contributed by atoms with van der Waals surface area (Å²) in [7, 11) is 0. The molecule has 3 rings (SSSR count). The van der Waals surface area contributed by atoms with Crippen LogP contribution in [0.2, 0.25) is 0 Å². The Hall–Kier alpha value is -2.08. The third-order valence-corrected chi connectivity index (χ3v) is 3.60. The van der Waals surface area contributed by atoms with Crippen LogP contribution in [0.4, 0.5) is 0 Å². The van der Waals surface area contributed by atoms with Crippen LogP contribution in [-0.2, 0) is 6.42 Å². The third kappa shape index (κ3) is 1.62. The molecular weight excluding hydrogens is 216 g/mol. The van der Waals surface area contributed by atoms with E-state index in [2.05, 4.69) is 62.0 Å². The summed E-state index contributed by atoms with van der Waals surface area (Å²) in [6, 6.07) is 17.5. The van der Waals surface area contributed by atoms with E-state index < -0.39 is 0 Å². The molecular formula is C18H16. The maximum atomic E-state index is 3.97. The van der Waals surface area contributed by atoms with E-state index in [0.29, 0.717) is 0 Å². The van der Waals surface area contributed by atoms with Gasteiger partial charge in [0, 0.05) is 0 Å². The van der Waals surface area contributed by atoms with Crippen molar-refractivity contribution in [3.63, 3.8) is 0 Å². The molecule has 0 heterocycles. The monoisotopic (exact) mass is 232 g/mol. The van der Waals surface area contributed by atoms with Crippen molar-refractivity contribution in [3.05, 3.63) is 66.2 Å². The number of rotatable bonds is 2. The molecule has 3 aromatic rings. The second kappa shape index (κ2) is 4.30. The molecule has 0 saturated heterocycles. The molecule has 0 atom stereocenters. The standard InChI is InChI=1S/C18H16/c1-3-13-9-10-16-11-14-7-5-6-8-15(14)12-18(16)17(13)4-2/h4-12H,2-3H2,1H3. The fourth-order valence-electron chi connectivity index (χ4n) is 2.63. The average molecular weight is 232 g/mol. The van der Waals surface area contributed by atoms with E-state index in [4.69, 9.17) is 0 Å². The quantitative estimate of drug-likeness (QED) is 0.533. The van der Waals surface area contributed by atoms with Gasteiger partial charge in [-0.25, -0.2) is 0 Å². The first-order valence-electron chi connectivity index (χ1n) is 6.40. The fraction of sp³-hybridized carbons (Fsp3) is 0.111. The van der Waals surface area contributed by atoms with Gasteiger partial charge in [-0.3, -0.25) is 0 Å². The van der Waals surface area contributed by atoms with Crippen LogP contribution in [-0.4, -0.2) is 0 Å². The first-order valence-corrected chi connectivity index (χ1v) is 6.40. The van der Waals surface area contributed by atoms with Crippen LogP contribution < -0.4 is 0 Å². The number of benzene rings is 3. The Labute approximate surface area is 108 Å². The molecule has 18 heavy (non-hydrogen) atoms. The summed E-state index contributed by atoms with van der Waals surface area (Å²) in [5.74, 6) is 0. The Morgan fingerprint density at radius 2 is 1.67 bits per heavy atom. The van der Waals surface area contributed by atoms with Gasteiger partial charge in [0.05, 0.1) is 0 Å². The molecule has 0 aliphatic carbocycles. The van der Waals surface area contributed by atoms with E-state index in [-0.39, 0.29) is 0 Å².